The topological polar surface area (TPSA) is 108 Å². The van der Waals surface area contributed by atoms with Crippen molar-refractivity contribution in [2.24, 2.45) is 0 Å². The van der Waals surface area contributed by atoms with E-state index in [0.717, 1.165) is 6.92 Å². The Morgan fingerprint density at radius 1 is 1.00 bits per heavy atom. The molecule has 0 aromatic carbocycles. The van der Waals surface area contributed by atoms with Gasteiger partial charge in [-0.15, -0.1) is 0 Å². The number of aliphatic hydroxyl groups excluding tert-OH is 1. The summed E-state index contributed by atoms with van der Waals surface area (Å²) >= 11 is 0. The fourth-order valence-electron chi connectivity index (χ4n) is 2.01. The average molecular weight is 290 g/mol. The molecule has 0 bridgehead atoms. The maximum Gasteiger partial charge on any atom is 0.303 e. The van der Waals surface area contributed by atoms with Crippen molar-refractivity contribution < 1.29 is 38.4 Å². The SMILES string of the molecule is CC(=O)O[C@@H]1[C@@H](OC(C)=O)[C@H](O)O[C@H]1[C@@H](C)OC(C)=O. The Bertz CT molecular complexity index is 393. The lowest BCUT2D eigenvalue weighted by atomic mass is 10.1. The van der Waals surface area contributed by atoms with Gasteiger partial charge in [-0.1, -0.05) is 0 Å². The molecule has 0 amide bonds. The Balaban J connectivity index is 2.89. The van der Waals surface area contributed by atoms with Gasteiger partial charge in [-0.2, -0.15) is 0 Å². The van der Waals surface area contributed by atoms with E-state index in [2.05, 4.69) is 0 Å². The summed E-state index contributed by atoms with van der Waals surface area (Å²) in [7, 11) is 0. The van der Waals surface area contributed by atoms with Crippen LogP contribution in [0.2, 0.25) is 0 Å². The van der Waals surface area contributed by atoms with Crippen LogP contribution >= 0.6 is 0 Å². The third-order valence-electron chi connectivity index (χ3n) is 2.64. The second kappa shape index (κ2) is 6.67. The van der Waals surface area contributed by atoms with E-state index in [0.29, 0.717) is 0 Å². The van der Waals surface area contributed by atoms with Crippen molar-refractivity contribution in [1.29, 1.82) is 0 Å². The molecule has 0 aromatic rings. The van der Waals surface area contributed by atoms with E-state index in [1.54, 1.807) is 0 Å². The van der Waals surface area contributed by atoms with E-state index in [4.69, 9.17) is 18.9 Å². The van der Waals surface area contributed by atoms with Crippen LogP contribution in [0.5, 0.6) is 0 Å². The quantitative estimate of drug-likeness (QED) is 0.546. The molecule has 1 rings (SSSR count). The van der Waals surface area contributed by atoms with Gasteiger partial charge in [0.25, 0.3) is 0 Å². The number of rotatable bonds is 4. The summed E-state index contributed by atoms with van der Waals surface area (Å²) in [5, 5.41) is 9.74. The lowest BCUT2D eigenvalue weighted by Crippen LogP contribution is -2.44. The molecule has 1 aliphatic heterocycles. The molecule has 1 saturated heterocycles. The van der Waals surface area contributed by atoms with Gasteiger partial charge < -0.3 is 24.1 Å². The second-order valence-corrected chi connectivity index (χ2v) is 4.45. The molecule has 8 nitrogen and oxygen atoms in total. The fourth-order valence-corrected chi connectivity index (χ4v) is 2.01. The van der Waals surface area contributed by atoms with Gasteiger partial charge in [0.1, 0.15) is 12.2 Å². The molecule has 8 heteroatoms. The van der Waals surface area contributed by atoms with Gasteiger partial charge in [-0.25, -0.2) is 0 Å². The monoisotopic (exact) mass is 290 g/mol. The van der Waals surface area contributed by atoms with Gasteiger partial charge in [0.15, 0.2) is 18.5 Å². The minimum Gasteiger partial charge on any atom is -0.460 e. The van der Waals surface area contributed by atoms with Gasteiger partial charge in [-0.05, 0) is 6.92 Å². The third-order valence-corrected chi connectivity index (χ3v) is 2.64. The minimum atomic E-state index is -1.47. The molecule has 20 heavy (non-hydrogen) atoms. The van der Waals surface area contributed by atoms with E-state index in [1.165, 1.54) is 20.8 Å². The zero-order valence-corrected chi connectivity index (χ0v) is 11.7. The van der Waals surface area contributed by atoms with Crippen LogP contribution in [0.1, 0.15) is 27.7 Å². The van der Waals surface area contributed by atoms with Crippen LogP contribution in [0.15, 0.2) is 0 Å². The first kappa shape index (κ1) is 16.4. The summed E-state index contributed by atoms with van der Waals surface area (Å²) < 4.78 is 20.0. The predicted octanol–water partition coefficient (Wildman–Crippen LogP) is -0.481. The van der Waals surface area contributed by atoms with E-state index < -0.39 is 48.6 Å². The van der Waals surface area contributed by atoms with Gasteiger partial charge in [0.05, 0.1) is 0 Å². The molecule has 0 radical (unpaired) electrons. The zero-order valence-electron chi connectivity index (χ0n) is 11.7. The summed E-state index contributed by atoms with van der Waals surface area (Å²) in [4.78, 5) is 33.1. The zero-order chi connectivity index (χ0) is 15.4. The van der Waals surface area contributed by atoms with Crippen LogP contribution < -0.4 is 0 Å². The average Bonchev–Trinajstić information content (AvgIpc) is 2.55. The third kappa shape index (κ3) is 4.17. The van der Waals surface area contributed by atoms with Crippen molar-refractivity contribution in [1.82, 2.24) is 0 Å². The van der Waals surface area contributed by atoms with E-state index in [9.17, 15) is 19.5 Å². The van der Waals surface area contributed by atoms with Crippen LogP contribution in [0.4, 0.5) is 0 Å². The maximum absolute atomic E-state index is 11.1. The first-order valence-corrected chi connectivity index (χ1v) is 6.07. The summed E-state index contributed by atoms with van der Waals surface area (Å²) in [6.07, 6.45) is -5.40. The standard InChI is InChI=1S/C12H18O8/c1-5(17-6(2)13)9-10(18-7(3)14)11(12(16)20-9)19-8(4)15/h5,9-12,16H,1-4H3/t5-,9+,10+,11-,12-/m1/s1. The molecule has 1 heterocycles. The number of esters is 3. The normalized spacial score (nSPS) is 30.4. The lowest BCUT2D eigenvalue weighted by molar-refractivity contribution is -0.176. The lowest BCUT2D eigenvalue weighted by Gasteiger charge is -2.25. The molecule has 1 N–H and O–H groups in total. The van der Waals surface area contributed by atoms with E-state index in [1.807, 2.05) is 0 Å². The highest BCUT2D eigenvalue weighted by Crippen LogP contribution is 2.29. The minimum absolute atomic E-state index is 0.548. The van der Waals surface area contributed by atoms with Crippen LogP contribution in [0.25, 0.3) is 0 Å². The molecule has 1 fully saturated rings. The highest BCUT2D eigenvalue weighted by molar-refractivity contribution is 5.68. The number of aliphatic hydroxyl groups is 1. The fraction of sp³-hybridized carbons (Fsp3) is 0.750. The van der Waals surface area contributed by atoms with Crippen molar-refractivity contribution >= 4 is 17.9 Å². The van der Waals surface area contributed by atoms with Crippen LogP contribution in [0, 0.1) is 0 Å². The molecule has 1 aliphatic rings. The first-order chi connectivity index (χ1) is 9.22. The van der Waals surface area contributed by atoms with Crippen molar-refractivity contribution in [2.75, 3.05) is 0 Å². The Morgan fingerprint density at radius 2 is 1.50 bits per heavy atom. The molecule has 0 saturated carbocycles. The molecule has 5 atom stereocenters. The number of carbonyl (C=O) groups excluding carboxylic acids is 3. The molecule has 114 valence electrons. The number of hydrogen-bond donors (Lipinski definition) is 1. The van der Waals surface area contributed by atoms with Crippen molar-refractivity contribution in [3.8, 4) is 0 Å². The largest absolute Gasteiger partial charge is 0.460 e. The smallest absolute Gasteiger partial charge is 0.303 e. The number of ether oxygens (including phenoxy) is 4. The number of hydrogen-bond acceptors (Lipinski definition) is 8. The Kier molecular flexibility index (Phi) is 5.46. The Morgan fingerprint density at radius 3 is 1.95 bits per heavy atom. The highest BCUT2D eigenvalue weighted by atomic mass is 16.7. The Labute approximate surface area is 115 Å². The second-order valence-electron chi connectivity index (χ2n) is 4.45. The number of carbonyl (C=O) groups is 3. The predicted molar refractivity (Wildman–Crippen MR) is 63.2 cm³/mol. The molecule has 0 aromatic heterocycles. The summed E-state index contributed by atoms with van der Waals surface area (Å²) in [5.41, 5.74) is 0. The first-order valence-electron chi connectivity index (χ1n) is 6.07. The molecule has 0 spiro atoms. The maximum atomic E-state index is 11.1. The molecular weight excluding hydrogens is 272 g/mol. The molecule has 0 aliphatic carbocycles. The van der Waals surface area contributed by atoms with Crippen LogP contribution in [-0.2, 0) is 33.3 Å². The summed E-state index contributed by atoms with van der Waals surface area (Å²) in [6, 6.07) is 0. The van der Waals surface area contributed by atoms with Gasteiger partial charge in [-0.3, -0.25) is 14.4 Å². The van der Waals surface area contributed by atoms with Crippen LogP contribution in [0.3, 0.4) is 0 Å². The highest BCUT2D eigenvalue weighted by Gasteiger charge is 2.51. The van der Waals surface area contributed by atoms with Gasteiger partial charge in [0.2, 0.25) is 0 Å². The van der Waals surface area contributed by atoms with Crippen molar-refractivity contribution in [2.45, 2.75) is 58.4 Å². The van der Waals surface area contributed by atoms with E-state index >= 15 is 0 Å². The molecular formula is C12H18O8. The van der Waals surface area contributed by atoms with Gasteiger partial charge in [0, 0.05) is 20.8 Å². The molecule has 0 unspecified atom stereocenters. The summed E-state index contributed by atoms with van der Waals surface area (Å²) in [5.74, 6) is -1.84. The Hall–Kier alpha value is -1.67. The van der Waals surface area contributed by atoms with Crippen molar-refractivity contribution in [3.63, 3.8) is 0 Å². The van der Waals surface area contributed by atoms with Gasteiger partial charge >= 0.3 is 17.9 Å². The van der Waals surface area contributed by atoms with E-state index in [-0.39, 0.29) is 0 Å². The van der Waals surface area contributed by atoms with Crippen LogP contribution in [-0.4, -0.2) is 53.7 Å². The summed E-state index contributed by atoms with van der Waals surface area (Å²) in [6.45, 7) is 5.06. The van der Waals surface area contributed by atoms with Crippen molar-refractivity contribution in [3.05, 3.63) is 0 Å².